The third kappa shape index (κ3) is 4.84. The van der Waals surface area contributed by atoms with Gasteiger partial charge < -0.3 is 16.0 Å². The van der Waals surface area contributed by atoms with Crippen LogP contribution < -0.4 is 16.0 Å². The summed E-state index contributed by atoms with van der Waals surface area (Å²) in [4.78, 5) is 27.6. The van der Waals surface area contributed by atoms with E-state index in [1.807, 2.05) is 0 Å². The van der Waals surface area contributed by atoms with Crippen molar-refractivity contribution in [2.45, 2.75) is 24.2 Å². The molecule has 160 valence electrons. The van der Waals surface area contributed by atoms with Gasteiger partial charge in [-0.3, -0.25) is 9.59 Å². The number of carbonyl (C=O) groups excluding carboxylic acids is 2. The molecule has 0 bridgehead atoms. The number of carbonyl (C=O) groups is 2. The number of alkyl halides is 2. The number of amides is 2. The van der Waals surface area contributed by atoms with E-state index in [1.165, 1.54) is 0 Å². The molecular formula is C17H18F2N6O4S. The van der Waals surface area contributed by atoms with Gasteiger partial charge in [0.25, 0.3) is 12.3 Å². The van der Waals surface area contributed by atoms with Gasteiger partial charge in [-0.15, -0.1) is 10.2 Å². The highest BCUT2D eigenvalue weighted by molar-refractivity contribution is 7.90. The Balaban J connectivity index is 2.05. The second-order valence-corrected chi connectivity index (χ2v) is 8.51. The number of anilines is 3. The molecule has 13 heteroatoms. The molecule has 2 amide bonds. The van der Waals surface area contributed by atoms with Gasteiger partial charge in [0.1, 0.15) is 10.7 Å². The topological polar surface area (TPSA) is 143 Å². The lowest BCUT2D eigenvalue weighted by atomic mass is 10.2. The van der Waals surface area contributed by atoms with Gasteiger partial charge in [0.2, 0.25) is 5.91 Å². The minimum Gasteiger partial charge on any atom is -0.354 e. The van der Waals surface area contributed by atoms with Gasteiger partial charge in [-0.25, -0.2) is 22.2 Å². The van der Waals surface area contributed by atoms with Gasteiger partial charge in [-0.1, -0.05) is 0 Å². The molecule has 2 aromatic heterocycles. The summed E-state index contributed by atoms with van der Waals surface area (Å²) in [5, 5.41) is 14.0. The van der Waals surface area contributed by atoms with E-state index in [2.05, 4.69) is 25.8 Å². The Labute approximate surface area is 174 Å². The summed E-state index contributed by atoms with van der Waals surface area (Å²) in [5.41, 5.74) is -1.47. The van der Waals surface area contributed by atoms with Crippen molar-refractivity contribution in [2.24, 2.45) is 5.92 Å². The van der Waals surface area contributed by atoms with Crippen molar-refractivity contribution in [3.05, 3.63) is 29.6 Å². The summed E-state index contributed by atoms with van der Waals surface area (Å²) in [7, 11) is -4.06. The monoisotopic (exact) mass is 443 g/mol. The number of hydrogen-bond donors (Lipinski definition) is 3. The molecule has 3 rings (SSSR count). The molecular weight excluding hydrogens is 422 g/mol. The smallest absolute Gasteiger partial charge is 0.273 e. The van der Waals surface area contributed by atoms with E-state index in [1.54, 1.807) is 5.32 Å². The van der Waals surface area contributed by atoms with Crippen LogP contribution in [0.4, 0.5) is 26.1 Å². The van der Waals surface area contributed by atoms with Gasteiger partial charge in [-0.05, 0) is 18.9 Å². The molecule has 10 nitrogen and oxygen atoms in total. The molecule has 0 atom stereocenters. The zero-order chi connectivity index (χ0) is 24.6. The maximum absolute atomic E-state index is 13.0. The highest BCUT2D eigenvalue weighted by atomic mass is 32.2. The van der Waals surface area contributed by atoms with Crippen LogP contribution in [-0.2, 0) is 14.6 Å². The molecule has 0 saturated heterocycles. The highest BCUT2D eigenvalue weighted by Gasteiger charge is 2.30. The summed E-state index contributed by atoms with van der Waals surface area (Å²) >= 11 is 0. The van der Waals surface area contributed by atoms with Gasteiger partial charge in [0, 0.05) is 41.1 Å². The van der Waals surface area contributed by atoms with Crippen LogP contribution in [0.3, 0.4) is 0 Å². The molecule has 30 heavy (non-hydrogen) atoms. The molecule has 0 spiro atoms. The lowest BCUT2D eigenvalue weighted by molar-refractivity contribution is -0.117. The van der Waals surface area contributed by atoms with E-state index in [4.69, 9.17) is 4.11 Å². The first-order chi connectivity index (χ1) is 15.2. The van der Waals surface area contributed by atoms with E-state index in [-0.39, 0.29) is 23.3 Å². The fourth-order valence-electron chi connectivity index (χ4n) is 2.43. The Kier molecular flexibility index (Phi) is 4.85. The normalized spacial score (nSPS) is 15.7. The highest BCUT2D eigenvalue weighted by Crippen LogP contribution is 2.31. The average Bonchev–Trinajstić information content (AvgIpc) is 3.51. The number of nitrogens with one attached hydrogen (secondary N) is 3. The summed E-state index contributed by atoms with van der Waals surface area (Å²) in [5.74, 6) is -2.24. The lowest BCUT2D eigenvalue weighted by Crippen LogP contribution is -2.23. The van der Waals surface area contributed by atoms with Crippen LogP contribution in [0.1, 0.15) is 39.4 Å². The van der Waals surface area contributed by atoms with E-state index in [9.17, 15) is 26.8 Å². The van der Waals surface area contributed by atoms with Crippen molar-refractivity contribution in [3.8, 4) is 0 Å². The summed E-state index contributed by atoms with van der Waals surface area (Å²) in [6.45, 7) is -2.87. The van der Waals surface area contributed by atoms with Crippen molar-refractivity contribution in [1.82, 2.24) is 20.5 Å². The number of hydrogen-bond acceptors (Lipinski definition) is 8. The number of halogens is 2. The Morgan fingerprint density at radius 3 is 2.60 bits per heavy atom. The molecule has 2 aromatic rings. The van der Waals surface area contributed by atoms with Crippen molar-refractivity contribution in [2.75, 3.05) is 23.9 Å². The average molecular weight is 443 g/mol. The quantitative estimate of drug-likeness (QED) is 0.586. The number of sulfone groups is 1. The maximum Gasteiger partial charge on any atom is 0.273 e. The molecule has 2 heterocycles. The van der Waals surface area contributed by atoms with E-state index < -0.39 is 51.1 Å². The SMILES string of the molecule is [2H]C([2H])([2H])NC(=O)c1nnc(NC(=O)C2CC2)cc1Nc1ncc(C(F)F)cc1S(C)(=O)=O. The molecule has 3 N–H and O–H groups in total. The molecule has 0 unspecified atom stereocenters. The van der Waals surface area contributed by atoms with Crippen LogP contribution in [0, 0.1) is 5.92 Å². The van der Waals surface area contributed by atoms with Crippen LogP contribution in [0.5, 0.6) is 0 Å². The molecule has 1 saturated carbocycles. The Morgan fingerprint density at radius 1 is 1.27 bits per heavy atom. The van der Waals surface area contributed by atoms with Crippen LogP contribution in [0.25, 0.3) is 0 Å². The van der Waals surface area contributed by atoms with Gasteiger partial charge in [-0.2, -0.15) is 0 Å². The van der Waals surface area contributed by atoms with Crippen LogP contribution in [0.2, 0.25) is 0 Å². The Bertz CT molecular complexity index is 1210. The van der Waals surface area contributed by atoms with Crippen molar-refractivity contribution >= 4 is 39.0 Å². The van der Waals surface area contributed by atoms with E-state index >= 15 is 0 Å². The standard InChI is InChI=1S/C17H18F2N6O4S/c1-20-17(27)13-10(6-12(24-25-13)23-16(26)8-3-4-8)22-15-11(30(2,28)29)5-9(7-21-15)14(18)19/h5-8,14H,3-4H2,1-2H3,(H,20,27)(H2,21,22,23,24,26)/i1D3. The van der Waals surface area contributed by atoms with Gasteiger partial charge >= 0.3 is 0 Å². The minimum absolute atomic E-state index is 0.107. The predicted molar refractivity (Wildman–Crippen MR) is 102 cm³/mol. The second kappa shape index (κ2) is 8.26. The fourth-order valence-corrected chi connectivity index (χ4v) is 3.24. The number of pyridine rings is 1. The van der Waals surface area contributed by atoms with Crippen molar-refractivity contribution in [1.29, 1.82) is 0 Å². The summed E-state index contributed by atoms with van der Waals surface area (Å²) in [6, 6.07) is 1.85. The van der Waals surface area contributed by atoms with Crippen LogP contribution >= 0.6 is 0 Å². The molecule has 0 aliphatic heterocycles. The zero-order valence-electron chi connectivity index (χ0n) is 18.4. The molecule has 1 aliphatic rings. The summed E-state index contributed by atoms with van der Waals surface area (Å²) in [6.07, 6.45) is -0.0737. The molecule has 1 aliphatic carbocycles. The van der Waals surface area contributed by atoms with Gasteiger partial charge in [0.15, 0.2) is 21.3 Å². The minimum atomic E-state index is -4.06. The number of nitrogens with zero attached hydrogens (tertiary/aromatic N) is 3. The first kappa shape index (κ1) is 17.6. The van der Waals surface area contributed by atoms with Crippen molar-refractivity contribution < 1.29 is 30.9 Å². The van der Waals surface area contributed by atoms with Crippen LogP contribution in [-0.4, -0.2) is 48.6 Å². The first-order valence-electron chi connectivity index (χ1n) is 10.0. The third-order valence-electron chi connectivity index (χ3n) is 4.10. The Morgan fingerprint density at radius 2 is 2.00 bits per heavy atom. The number of aromatic nitrogens is 3. The predicted octanol–water partition coefficient (Wildman–Crippen LogP) is 1.66. The van der Waals surface area contributed by atoms with Gasteiger partial charge in [0.05, 0.1) is 5.69 Å². The maximum atomic E-state index is 13.0. The van der Waals surface area contributed by atoms with Crippen LogP contribution in [0.15, 0.2) is 23.2 Å². The van der Waals surface area contributed by atoms with E-state index in [0.717, 1.165) is 24.6 Å². The first-order valence-corrected chi connectivity index (χ1v) is 10.4. The fraction of sp³-hybridized carbons (Fsp3) is 0.353. The van der Waals surface area contributed by atoms with E-state index in [0.29, 0.717) is 12.8 Å². The molecule has 1 fully saturated rings. The summed E-state index contributed by atoms with van der Waals surface area (Å²) < 4.78 is 72.0. The largest absolute Gasteiger partial charge is 0.354 e. The Hall–Kier alpha value is -3.22. The molecule has 0 aromatic carbocycles. The third-order valence-corrected chi connectivity index (χ3v) is 5.21. The zero-order valence-corrected chi connectivity index (χ0v) is 16.3. The van der Waals surface area contributed by atoms with Crippen molar-refractivity contribution in [3.63, 3.8) is 0 Å². The lowest BCUT2D eigenvalue weighted by Gasteiger charge is -2.14. The number of rotatable bonds is 7. The second-order valence-electron chi connectivity index (χ2n) is 6.52. The molecule has 0 radical (unpaired) electrons.